The predicted molar refractivity (Wildman–Crippen MR) is 150 cm³/mol. The van der Waals surface area contributed by atoms with E-state index < -0.39 is 0 Å². The molecule has 1 atom stereocenters. The van der Waals surface area contributed by atoms with Gasteiger partial charge in [-0.2, -0.15) is 0 Å². The Hall–Kier alpha value is -2.54. The minimum absolute atomic E-state index is 0.170. The molecule has 0 heterocycles. The van der Waals surface area contributed by atoms with Crippen LogP contribution in [0.25, 0.3) is 0 Å². The van der Waals surface area contributed by atoms with Crippen molar-refractivity contribution in [1.82, 2.24) is 0 Å². The second-order valence-corrected chi connectivity index (χ2v) is 10.4. The first kappa shape index (κ1) is 27.7. The number of hydrogen-bond acceptors (Lipinski definition) is 1. The van der Waals surface area contributed by atoms with Crippen LogP contribution in [0.2, 0.25) is 0 Å². The molecule has 0 N–H and O–H groups in total. The monoisotopic (exact) mass is 458 g/mol. The second-order valence-electron chi connectivity index (χ2n) is 10.4. The highest BCUT2D eigenvalue weighted by molar-refractivity contribution is 5.54. The molecule has 0 radical (unpaired) electrons. The lowest BCUT2D eigenvalue weighted by atomic mass is 9.83. The lowest BCUT2D eigenvalue weighted by molar-refractivity contribution is 0.407. The molecule has 184 valence electrons. The fraction of sp³-hybridized carbons (Fsp3) is 0.455. The van der Waals surface area contributed by atoms with Crippen LogP contribution in [0.4, 0.5) is 0 Å². The summed E-state index contributed by atoms with van der Waals surface area (Å²) in [6.07, 6.45) is 7.58. The number of rotatable bonds is 7. The van der Waals surface area contributed by atoms with Gasteiger partial charge in [0, 0.05) is 11.5 Å². The van der Waals surface area contributed by atoms with Crippen LogP contribution in [0.15, 0.2) is 65.8 Å². The number of aryl methyl sites for hydroxylation is 3. The van der Waals surface area contributed by atoms with Gasteiger partial charge in [-0.15, -0.1) is 0 Å². The van der Waals surface area contributed by atoms with E-state index in [2.05, 4.69) is 97.5 Å². The lowest BCUT2D eigenvalue weighted by Gasteiger charge is -2.23. The number of allylic oxidation sites excluding steroid dienone is 5. The van der Waals surface area contributed by atoms with Gasteiger partial charge in [0.05, 0.1) is 7.11 Å². The van der Waals surface area contributed by atoms with Gasteiger partial charge in [0.25, 0.3) is 0 Å². The minimum atomic E-state index is 0.170. The Labute approximate surface area is 209 Å². The summed E-state index contributed by atoms with van der Waals surface area (Å²) in [6, 6.07) is 11.4. The summed E-state index contributed by atoms with van der Waals surface area (Å²) in [5.41, 5.74) is 12.3. The van der Waals surface area contributed by atoms with E-state index in [1.807, 2.05) is 13.8 Å². The molecule has 2 aromatic carbocycles. The van der Waals surface area contributed by atoms with Crippen LogP contribution in [-0.2, 0) is 18.3 Å². The van der Waals surface area contributed by atoms with Crippen molar-refractivity contribution in [1.29, 1.82) is 0 Å². The maximum atomic E-state index is 5.78. The summed E-state index contributed by atoms with van der Waals surface area (Å²) < 4.78 is 5.78. The molecule has 0 aromatic heterocycles. The van der Waals surface area contributed by atoms with E-state index in [4.69, 9.17) is 4.74 Å². The van der Waals surface area contributed by atoms with Crippen molar-refractivity contribution in [2.75, 3.05) is 7.11 Å². The van der Waals surface area contributed by atoms with Gasteiger partial charge < -0.3 is 4.74 Å². The smallest absolute Gasteiger partial charge is 0.123 e. The SMILES string of the molecule is C=C(C1=CC=C(Cc2cc(C(C)(C)C)ccc2C)C1)C(C)c1c(CC)cc(C)cc1OC.CC. The zero-order valence-electron chi connectivity index (χ0n) is 23.4. The molecule has 1 nitrogen and oxygen atoms in total. The minimum Gasteiger partial charge on any atom is -0.496 e. The molecule has 1 aliphatic carbocycles. The maximum absolute atomic E-state index is 5.78. The fourth-order valence-corrected chi connectivity index (χ4v) is 4.74. The summed E-state index contributed by atoms with van der Waals surface area (Å²) in [6.45, 7) is 24.2. The molecule has 1 heteroatoms. The van der Waals surface area contributed by atoms with Gasteiger partial charge in [0.2, 0.25) is 0 Å². The molecular weight excluding hydrogens is 412 g/mol. The van der Waals surface area contributed by atoms with Crippen LogP contribution in [-0.4, -0.2) is 7.11 Å². The standard InChI is InChI=1S/C31H40O.C2H6/c1-10-25-15-20(2)16-29(32-9)30(25)23(5)22(4)26-13-12-24(17-26)18-27-19-28(31(6,7)8)14-11-21(27)3;1-2/h11-16,19,23H,4,10,17-18H2,1-3,5-9H3;1-2H3. The molecule has 0 amide bonds. The van der Waals surface area contributed by atoms with Crippen LogP contribution in [0.5, 0.6) is 5.75 Å². The number of methoxy groups -OCH3 is 1. The van der Waals surface area contributed by atoms with E-state index in [9.17, 15) is 0 Å². The summed E-state index contributed by atoms with van der Waals surface area (Å²) in [5.74, 6) is 1.21. The molecule has 1 aliphatic rings. The fourth-order valence-electron chi connectivity index (χ4n) is 4.74. The van der Waals surface area contributed by atoms with Crippen LogP contribution in [0.3, 0.4) is 0 Å². The Balaban J connectivity index is 0.00000199. The quantitative estimate of drug-likeness (QED) is 0.401. The van der Waals surface area contributed by atoms with Gasteiger partial charge in [-0.1, -0.05) is 97.0 Å². The Kier molecular flexibility index (Phi) is 9.56. The van der Waals surface area contributed by atoms with Crippen molar-refractivity contribution >= 4 is 0 Å². The molecule has 0 bridgehead atoms. The Morgan fingerprint density at radius 3 is 2.29 bits per heavy atom. The maximum Gasteiger partial charge on any atom is 0.123 e. The average Bonchev–Trinajstić information content (AvgIpc) is 3.27. The first-order valence-corrected chi connectivity index (χ1v) is 12.9. The van der Waals surface area contributed by atoms with Crippen LogP contribution in [0, 0.1) is 13.8 Å². The van der Waals surface area contributed by atoms with E-state index in [0.717, 1.165) is 25.0 Å². The summed E-state index contributed by atoms with van der Waals surface area (Å²) in [5, 5.41) is 0. The van der Waals surface area contributed by atoms with Gasteiger partial charge in [-0.3, -0.25) is 0 Å². The van der Waals surface area contributed by atoms with E-state index in [1.54, 1.807) is 7.11 Å². The highest BCUT2D eigenvalue weighted by Gasteiger charge is 2.23. The van der Waals surface area contributed by atoms with Crippen molar-refractivity contribution in [3.8, 4) is 5.75 Å². The molecule has 1 unspecified atom stereocenters. The predicted octanol–water partition coefficient (Wildman–Crippen LogP) is 9.36. The number of ether oxygens (including phenoxy) is 1. The second kappa shape index (κ2) is 11.7. The van der Waals surface area contributed by atoms with Crippen LogP contribution < -0.4 is 4.74 Å². The average molecular weight is 459 g/mol. The summed E-state index contributed by atoms with van der Waals surface area (Å²) >= 11 is 0. The van der Waals surface area contributed by atoms with Crippen molar-refractivity contribution in [2.45, 2.75) is 92.9 Å². The molecule has 0 fully saturated rings. The molecule has 34 heavy (non-hydrogen) atoms. The Morgan fingerprint density at radius 1 is 1.03 bits per heavy atom. The van der Waals surface area contributed by atoms with Crippen molar-refractivity contribution in [3.05, 3.63) is 99.2 Å². The van der Waals surface area contributed by atoms with E-state index in [1.165, 1.54) is 50.1 Å². The zero-order valence-corrected chi connectivity index (χ0v) is 23.4. The van der Waals surface area contributed by atoms with Crippen molar-refractivity contribution in [2.24, 2.45) is 0 Å². The third kappa shape index (κ3) is 6.32. The van der Waals surface area contributed by atoms with E-state index in [0.29, 0.717) is 0 Å². The van der Waals surface area contributed by atoms with Gasteiger partial charge in [-0.05, 0) is 83.6 Å². The Bertz CT molecular complexity index is 1050. The first-order valence-electron chi connectivity index (χ1n) is 12.9. The third-order valence-electron chi connectivity index (χ3n) is 6.91. The molecule has 2 aromatic rings. The molecule has 0 saturated carbocycles. The first-order chi connectivity index (χ1) is 16.0. The van der Waals surface area contributed by atoms with E-state index in [-0.39, 0.29) is 11.3 Å². The Morgan fingerprint density at radius 2 is 1.71 bits per heavy atom. The summed E-state index contributed by atoms with van der Waals surface area (Å²) in [4.78, 5) is 0. The van der Waals surface area contributed by atoms with Gasteiger partial charge >= 0.3 is 0 Å². The molecule has 3 rings (SSSR count). The highest BCUT2D eigenvalue weighted by Crippen LogP contribution is 2.40. The number of benzene rings is 2. The van der Waals surface area contributed by atoms with E-state index >= 15 is 0 Å². The van der Waals surface area contributed by atoms with Gasteiger partial charge in [0.15, 0.2) is 0 Å². The van der Waals surface area contributed by atoms with Crippen molar-refractivity contribution < 1.29 is 4.74 Å². The third-order valence-corrected chi connectivity index (χ3v) is 6.91. The molecule has 0 saturated heterocycles. The molecule has 0 spiro atoms. The van der Waals surface area contributed by atoms with Crippen molar-refractivity contribution in [3.63, 3.8) is 0 Å². The van der Waals surface area contributed by atoms with Gasteiger partial charge in [-0.25, -0.2) is 0 Å². The number of hydrogen-bond donors (Lipinski definition) is 0. The highest BCUT2D eigenvalue weighted by atomic mass is 16.5. The van der Waals surface area contributed by atoms with Crippen LogP contribution in [0.1, 0.15) is 94.2 Å². The normalized spacial score (nSPS) is 14.1. The van der Waals surface area contributed by atoms with Gasteiger partial charge in [0.1, 0.15) is 5.75 Å². The lowest BCUT2D eigenvalue weighted by Crippen LogP contribution is -2.12. The topological polar surface area (TPSA) is 9.23 Å². The molecule has 0 aliphatic heterocycles. The largest absolute Gasteiger partial charge is 0.496 e. The molecular formula is C33H46O. The summed E-state index contributed by atoms with van der Waals surface area (Å²) in [7, 11) is 1.77. The zero-order chi connectivity index (χ0) is 25.6. The van der Waals surface area contributed by atoms with Crippen LogP contribution >= 0.6 is 0 Å².